The van der Waals surface area contributed by atoms with Gasteiger partial charge in [0, 0.05) is 17.9 Å². The highest BCUT2D eigenvalue weighted by Crippen LogP contribution is 2.33. The van der Waals surface area contributed by atoms with Gasteiger partial charge in [-0.25, -0.2) is 9.18 Å². The van der Waals surface area contributed by atoms with Gasteiger partial charge >= 0.3 is 6.09 Å². The van der Waals surface area contributed by atoms with Crippen molar-refractivity contribution in [2.24, 2.45) is 5.92 Å². The number of ether oxygens (including phenoxy) is 1. The Hall–Kier alpha value is -1.91. The zero-order chi connectivity index (χ0) is 15.2. The molecule has 1 saturated carbocycles. The first-order chi connectivity index (χ1) is 10.1. The van der Waals surface area contributed by atoms with Gasteiger partial charge in [-0.3, -0.25) is 4.79 Å². The minimum absolute atomic E-state index is 0.0753. The molecule has 21 heavy (non-hydrogen) atoms. The third-order valence-corrected chi connectivity index (χ3v) is 3.79. The van der Waals surface area contributed by atoms with E-state index in [9.17, 15) is 14.0 Å². The molecule has 1 aliphatic rings. The predicted molar refractivity (Wildman–Crippen MR) is 76.3 cm³/mol. The van der Waals surface area contributed by atoms with Crippen LogP contribution in [0.3, 0.4) is 0 Å². The van der Waals surface area contributed by atoms with Crippen LogP contribution in [0.5, 0.6) is 0 Å². The van der Waals surface area contributed by atoms with Crippen molar-refractivity contribution in [2.75, 3.05) is 6.61 Å². The van der Waals surface area contributed by atoms with E-state index in [1.165, 1.54) is 6.07 Å². The molecule has 0 spiro atoms. The van der Waals surface area contributed by atoms with Gasteiger partial charge in [-0.05, 0) is 25.8 Å². The second-order valence-corrected chi connectivity index (χ2v) is 5.18. The van der Waals surface area contributed by atoms with E-state index in [2.05, 4.69) is 5.32 Å². The standard InChI is InChI=1S/C16H20FNO3/c1-2-21-16(20)18-15(11-7-3-5-9-13(11)17)12-8-4-6-10-14(12)19/h3,5,7,9,12,15H,2,4,6,8,10H2,1H3,(H,18,20)/t12-,15-/m1/s1. The summed E-state index contributed by atoms with van der Waals surface area (Å²) in [5.41, 5.74) is 0.339. The average Bonchev–Trinajstić information content (AvgIpc) is 2.47. The fraction of sp³-hybridized carbons (Fsp3) is 0.500. The Labute approximate surface area is 123 Å². The summed E-state index contributed by atoms with van der Waals surface area (Å²) in [6, 6.07) is 5.56. The van der Waals surface area contributed by atoms with Crippen molar-refractivity contribution >= 4 is 11.9 Å². The molecule has 0 saturated heterocycles. The Kier molecular flexibility index (Phi) is 5.31. The maximum atomic E-state index is 14.1. The summed E-state index contributed by atoms with van der Waals surface area (Å²) in [6.07, 6.45) is 2.29. The van der Waals surface area contributed by atoms with Crippen LogP contribution in [0.15, 0.2) is 24.3 Å². The Morgan fingerprint density at radius 3 is 2.86 bits per heavy atom. The number of carbonyl (C=O) groups excluding carboxylic acids is 2. The third-order valence-electron chi connectivity index (χ3n) is 3.79. The maximum Gasteiger partial charge on any atom is 0.407 e. The topological polar surface area (TPSA) is 55.4 Å². The van der Waals surface area contributed by atoms with Gasteiger partial charge in [-0.2, -0.15) is 0 Å². The van der Waals surface area contributed by atoms with E-state index in [0.29, 0.717) is 18.4 Å². The number of ketones is 1. The highest BCUT2D eigenvalue weighted by Gasteiger charge is 2.34. The number of nitrogens with one attached hydrogen (secondary N) is 1. The number of alkyl carbamates (subject to hydrolysis) is 1. The molecular formula is C16H20FNO3. The molecule has 0 aliphatic heterocycles. The Morgan fingerprint density at radius 2 is 2.19 bits per heavy atom. The lowest BCUT2D eigenvalue weighted by atomic mass is 9.80. The molecule has 114 valence electrons. The highest BCUT2D eigenvalue weighted by molar-refractivity contribution is 5.83. The summed E-state index contributed by atoms with van der Waals surface area (Å²) in [5, 5.41) is 2.65. The van der Waals surface area contributed by atoms with Gasteiger partial charge in [0.15, 0.2) is 0 Å². The zero-order valence-electron chi connectivity index (χ0n) is 12.1. The molecule has 0 aromatic heterocycles. The van der Waals surface area contributed by atoms with Crippen molar-refractivity contribution in [3.8, 4) is 0 Å². The van der Waals surface area contributed by atoms with Crippen LogP contribution in [0.2, 0.25) is 0 Å². The molecule has 2 atom stereocenters. The number of hydrogen-bond acceptors (Lipinski definition) is 3. The number of halogens is 1. The summed E-state index contributed by atoms with van der Waals surface area (Å²) in [5.74, 6) is -0.732. The molecule has 0 heterocycles. The second-order valence-electron chi connectivity index (χ2n) is 5.18. The number of Topliss-reactive ketones (excluding diaryl/α,β-unsaturated/α-hetero) is 1. The molecule has 1 fully saturated rings. The van der Waals surface area contributed by atoms with Crippen LogP contribution in [0.25, 0.3) is 0 Å². The molecule has 2 rings (SSSR count). The lowest BCUT2D eigenvalue weighted by Gasteiger charge is -2.30. The largest absolute Gasteiger partial charge is 0.450 e. The smallest absolute Gasteiger partial charge is 0.407 e. The van der Waals surface area contributed by atoms with Gasteiger partial charge in [0.25, 0.3) is 0 Å². The molecule has 1 aromatic rings. The molecule has 1 aromatic carbocycles. The molecule has 0 radical (unpaired) electrons. The first-order valence-electron chi connectivity index (χ1n) is 7.34. The van der Waals surface area contributed by atoms with E-state index < -0.39 is 18.0 Å². The number of carbonyl (C=O) groups is 2. The van der Waals surface area contributed by atoms with Crippen molar-refractivity contribution in [1.29, 1.82) is 0 Å². The van der Waals surface area contributed by atoms with Gasteiger partial charge in [-0.15, -0.1) is 0 Å². The van der Waals surface area contributed by atoms with E-state index in [1.54, 1.807) is 25.1 Å². The summed E-state index contributed by atoms with van der Waals surface area (Å²) in [6.45, 7) is 1.93. The Balaban J connectivity index is 2.27. The number of amides is 1. The van der Waals surface area contributed by atoms with Crippen molar-refractivity contribution in [1.82, 2.24) is 5.32 Å². The Morgan fingerprint density at radius 1 is 1.43 bits per heavy atom. The zero-order valence-corrected chi connectivity index (χ0v) is 12.1. The van der Waals surface area contributed by atoms with Crippen molar-refractivity contribution in [3.63, 3.8) is 0 Å². The van der Waals surface area contributed by atoms with Crippen LogP contribution >= 0.6 is 0 Å². The minimum atomic E-state index is -0.668. The van der Waals surface area contributed by atoms with E-state index in [0.717, 1.165) is 12.8 Å². The molecule has 1 amide bonds. The fourth-order valence-corrected chi connectivity index (χ4v) is 2.78. The summed E-state index contributed by atoms with van der Waals surface area (Å²) < 4.78 is 18.9. The third kappa shape index (κ3) is 3.80. The van der Waals surface area contributed by atoms with Gasteiger partial charge in [0.2, 0.25) is 0 Å². The maximum absolute atomic E-state index is 14.1. The van der Waals surface area contributed by atoms with Crippen LogP contribution < -0.4 is 5.32 Å². The SMILES string of the molecule is CCOC(=O)N[C@H](c1ccccc1F)[C@@H]1CCCCC1=O. The van der Waals surface area contributed by atoms with Crippen LogP contribution in [-0.4, -0.2) is 18.5 Å². The molecule has 1 N–H and O–H groups in total. The average molecular weight is 293 g/mol. The van der Waals surface area contributed by atoms with Gasteiger partial charge in [0.05, 0.1) is 12.6 Å². The van der Waals surface area contributed by atoms with Crippen molar-refractivity contribution < 1.29 is 18.7 Å². The first-order valence-corrected chi connectivity index (χ1v) is 7.34. The number of hydrogen-bond donors (Lipinski definition) is 1. The number of benzene rings is 1. The minimum Gasteiger partial charge on any atom is -0.450 e. The van der Waals surface area contributed by atoms with Gasteiger partial charge in [-0.1, -0.05) is 24.6 Å². The quantitative estimate of drug-likeness (QED) is 0.926. The van der Waals surface area contributed by atoms with E-state index in [1.807, 2.05) is 0 Å². The fourth-order valence-electron chi connectivity index (χ4n) is 2.78. The molecule has 1 aliphatic carbocycles. The van der Waals surface area contributed by atoms with Crippen LogP contribution in [-0.2, 0) is 9.53 Å². The van der Waals surface area contributed by atoms with Gasteiger partial charge < -0.3 is 10.1 Å². The molecule has 0 unspecified atom stereocenters. The second kappa shape index (κ2) is 7.20. The molecule has 5 heteroatoms. The molecule has 0 bridgehead atoms. The number of rotatable bonds is 4. The van der Waals surface area contributed by atoms with Crippen LogP contribution in [0.4, 0.5) is 9.18 Å². The summed E-state index contributed by atoms with van der Waals surface area (Å²) in [7, 11) is 0. The van der Waals surface area contributed by atoms with Crippen LogP contribution in [0, 0.1) is 11.7 Å². The van der Waals surface area contributed by atoms with E-state index in [-0.39, 0.29) is 18.3 Å². The normalized spacial score (nSPS) is 19.9. The predicted octanol–water partition coefficient (Wildman–Crippen LogP) is 3.37. The van der Waals surface area contributed by atoms with Gasteiger partial charge in [0.1, 0.15) is 11.6 Å². The Bertz CT molecular complexity index is 518. The first kappa shape index (κ1) is 15.5. The summed E-state index contributed by atoms with van der Waals surface area (Å²) >= 11 is 0. The molecule has 4 nitrogen and oxygen atoms in total. The highest BCUT2D eigenvalue weighted by atomic mass is 19.1. The lowest BCUT2D eigenvalue weighted by molar-refractivity contribution is -0.125. The molecular weight excluding hydrogens is 273 g/mol. The summed E-state index contributed by atoms with van der Waals surface area (Å²) in [4.78, 5) is 23.9. The monoisotopic (exact) mass is 293 g/mol. The van der Waals surface area contributed by atoms with E-state index in [4.69, 9.17) is 4.74 Å². The lowest BCUT2D eigenvalue weighted by Crippen LogP contribution is -2.38. The van der Waals surface area contributed by atoms with Crippen molar-refractivity contribution in [3.05, 3.63) is 35.6 Å². The van der Waals surface area contributed by atoms with Crippen molar-refractivity contribution in [2.45, 2.75) is 38.6 Å². The van der Waals surface area contributed by atoms with Crippen LogP contribution in [0.1, 0.15) is 44.2 Å². The van der Waals surface area contributed by atoms with E-state index >= 15 is 0 Å².